The van der Waals surface area contributed by atoms with Gasteiger partial charge in [-0.15, -0.1) is 0 Å². The molecule has 1 aromatic rings. The maximum atomic E-state index is 13.0. The van der Waals surface area contributed by atoms with Crippen molar-refractivity contribution in [2.75, 3.05) is 18.2 Å². The number of anilines is 2. The van der Waals surface area contributed by atoms with Gasteiger partial charge >= 0.3 is 5.97 Å². The van der Waals surface area contributed by atoms with Crippen LogP contribution in [0.4, 0.5) is 15.8 Å². The summed E-state index contributed by atoms with van der Waals surface area (Å²) in [4.78, 5) is 11.1. The molecule has 0 radical (unpaired) electrons. The highest BCUT2D eigenvalue weighted by molar-refractivity contribution is 5.80. The van der Waals surface area contributed by atoms with E-state index < -0.39 is 17.8 Å². The van der Waals surface area contributed by atoms with E-state index in [0.29, 0.717) is 5.69 Å². The predicted octanol–water partition coefficient (Wildman–Crippen LogP) is 1.38. The zero-order valence-corrected chi connectivity index (χ0v) is 8.58. The Kier molecular flexibility index (Phi) is 3.49. The lowest BCUT2D eigenvalue weighted by Crippen LogP contribution is -2.27. The van der Waals surface area contributed by atoms with Crippen molar-refractivity contribution in [1.82, 2.24) is 0 Å². The Morgan fingerprint density at radius 2 is 2.27 bits per heavy atom. The Bertz CT molecular complexity index is 368. The lowest BCUT2D eigenvalue weighted by Gasteiger charge is -2.14. The minimum Gasteiger partial charge on any atom is -0.467 e. The highest BCUT2D eigenvalue weighted by Gasteiger charge is 2.14. The first kappa shape index (κ1) is 11.3. The largest absolute Gasteiger partial charge is 0.467 e. The summed E-state index contributed by atoms with van der Waals surface area (Å²) in [6, 6.07) is 3.79. The first-order valence-corrected chi connectivity index (χ1v) is 4.44. The van der Waals surface area contributed by atoms with Crippen LogP contribution in [0.1, 0.15) is 6.92 Å². The molecule has 0 saturated heterocycles. The maximum absolute atomic E-state index is 13.0. The molecule has 0 bridgehead atoms. The first-order chi connectivity index (χ1) is 7.06. The number of nitrogen functional groups attached to an aromatic ring is 1. The molecular weight excluding hydrogens is 199 g/mol. The molecule has 0 heterocycles. The van der Waals surface area contributed by atoms with Crippen LogP contribution in [-0.4, -0.2) is 19.1 Å². The van der Waals surface area contributed by atoms with Gasteiger partial charge in [0.05, 0.1) is 18.5 Å². The van der Waals surface area contributed by atoms with Crippen molar-refractivity contribution in [2.24, 2.45) is 0 Å². The number of para-hydroxylation sites is 1. The van der Waals surface area contributed by atoms with Gasteiger partial charge in [0.25, 0.3) is 0 Å². The lowest BCUT2D eigenvalue weighted by atomic mass is 10.2. The number of benzene rings is 1. The molecule has 1 aromatic carbocycles. The molecule has 15 heavy (non-hydrogen) atoms. The summed E-state index contributed by atoms with van der Waals surface area (Å²) in [6.07, 6.45) is 0. The summed E-state index contributed by atoms with van der Waals surface area (Å²) in [5, 5.41) is 2.76. The molecule has 1 atom stereocenters. The monoisotopic (exact) mass is 212 g/mol. The molecule has 0 amide bonds. The molecule has 3 N–H and O–H groups in total. The molecule has 82 valence electrons. The third kappa shape index (κ3) is 2.59. The molecule has 0 aromatic heterocycles. The SMILES string of the molecule is COC(=O)C(C)Nc1cccc(F)c1N. The fourth-order valence-corrected chi connectivity index (χ4v) is 1.13. The summed E-state index contributed by atoms with van der Waals surface area (Å²) in [7, 11) is 1.29. The van der Waals surface area contributed by atoms with Gasteiger partial charge in [0.15, 0.2) is 0 Å². The molecule has 0 fully saturated rings. The topological polar surface area (TPSA) is 64.3 Å². The fraction of sp³-hybridized carbons (Fsp3) is 0.300. The van der Waals surface area contributed by atoms with Crippen LogP contribution in [0.25, 0.3) is 0 Å². The minimum atomic E-state index is -0.570. The van der Waals surface area contributed by atoms with Gasteiger partial charge in [0, 0.05) is 0 Å². The molecule has 0 aliphatic rings. The van der Waals surface area contributed by atoms with E-state index in [2.05, 4.69) is 10.1 Å². The molecular formula is C10H13FN2O2. The highest BCUT2D eigenvalue weighted by atomic mass is 19.1. The second kappa shape index (κ2) is 4.63. The second-order valence-corrected chi connectivity index (χ2v) is 3.09. The van der Waals surface area contributed by atoms with Gasteiger partial charge in [-0.1, -0.05) is 6.07 Å². The van der Waals surface area contributed by atoms with E-state index in [-0.39, 0.29) is 5.69 Å². The average Bonchev–Trinajstić information content (AvgIpc) is 2.23. The second-order valence-electron chi connectivity index (χ2n) is 3.09. The van der Waals surface area contributed by atoms with Gasteiger partial charge in [0.1, 0.15) is 11.9 Å². The summed E-state index contributed by atoms with van der Waals surface area (Å²) in [6.45, 7) is 1.61. The number of carbonyl (C=O) groups is 1. The molecule has 0 aliphatic heterocycles. The first-order valence-electron chi connectivity index (χ1n) is 4.44. The van der Waals surface area contributed by atoms with Crippen LogP contribution in [0.15, 0.2) is 18.2 Å². The van der Waals surface area contributed by atoms with Crippen molar-refractivity contribution in [1.29, 1.82) is 0 Å². The third-order valence-corrected chi connectivity index (χ3v) is 1.98. The zero-order chi connectivity index (χ0) is 11.4. The van der Waals surface area contributed by atoms with Crippen molar-refractivity contribution in [3.63, 3.8) is 0 Å². The summed E-state index contributed by atoms with van der Waals surface area (Å²) >= 11 is 0. The van der Waals surface area contributed by atoms with Crippen LogP contribution < -0.4 is 11.1 Å². The maximum Gasteiger partial charge on any atom is 0.327 e. The van der Waals surface area contributed by atoms with E-state index in [1.165, 1.54) is 19.2 Å². The van der Waals surface area contributed by atoms with E-state index >= 15 is 0 Å². The number of carbonyl (C=O) groups excluding carboxylic acids is 1. The number of halogens is 1. The van der Waals surface area contributed by atoms with Crippen molar-refractivity contribution in [2.45, 2.75) is 13.0 Å². The molecule has 1 unspecified atom stereocenters. The van der Waals surface area contributed by atoms with E-state index in [0.717, 1.165) is 0 Å². The van der Waals surface area contributed by atoms with Crippen molar-refractivity contribution in [3.8, 4) is 0 Å². The number of ether oxygens (including phenoxy) is 1. The summed E-state index contributed by atoms with van der Waals surface area (Å²) < 4.78 is 17.5. The smallest absolute Gasteiger partial charge is 0.327 e. The Labute approximate surface area is 87.2 Å². The fourth-order valence-electron chi connectivity index (χ4n) is 1.13. The number of nitrogens with one attached hydrogen (secondary N) is 1. The van der Waals surface area contributed by atoms with Crippen LogP contribution in [-0.2, 0) is 9.53 Å². The Hall–Kier alpha value is -1.78. The van der Waals surface area contributed by atoms with Gasteiger partial charge < -0.3 is 15.8 Å². The van der Waals surface area contributed by atoms with Crippen LogP contribution in [0.5, 0.6) is 0 Å². The average molecular weight is 212 g/mol. The van der Waals surface area contributed by atoms with E-state index in [1.54, 1.807) is 13.0 Å². The van der Waals surface area contributed by atoms with Gasteiger partial charge in [-0.2, -0.15) is 0 Å². The van der Waals surface area contributed by atoms with Gasteiger partial charge in [-0.05, 0) is 19.1 Å². The molecule has 1 rings (SSSR count). The normalized spacial score (nSPS) is 11.9. The number of hydrogen-bond donors (Lipinski definition) is 2. The van der Waals surface area contributed by atoms with Crippen LogP contribution in [0.2, 0.25) is 0 Å². The van der Waals surface area contributed by atoms with Crippen LogP contribution in [0, 0.1) is 5.82 Å². The van der Waals surface area contributed by atoms with Gasteiger partial charge in [-0.3, -0.25) is 0 Å². The number of esters is 1. The summed E-state index contributed by atoms with van der Waals surface area (Å²) in [5.74, 6) is -0.948. The van der Waals surface area contributed by atoms with Gasteiger partial charge in [-0.25, -0.2) is 9.18 Å². The molecule has 4 nitrogen and oxygen atoms in total. The highest BCUT2D eigenvalue weighted by Crippen LogP contribution is 2.21. The predicted molar refractivity (Wildman–Crippen MR) is 55.9 cm³/mol. The molecule has 5 heteroatoms. The number of hydrogen-bond acceptors (Lipinski definition) is 4. The van der Waals surface area contributed by atoms with Crippen LogP contribution in [0.3, 0.4) is 0 Å². The van der Waals surface area contributed by atoms with Crippen molar-refractivity contribution in [3.05, 3.63) is 24.0 Å². The number of nitrogens with two attached hydrogens (primary N) is 1. The van der Waals surface area contributed by atoms with Crippen LogP contribution >= 0.6 is 0 Å². The Morgan fingerprint density at radius 3 is 2.87 bits per heavy atom. The number of methoxy groups -OCH3 is 1. The number of rotatable bonds is 3. The van der Waals surface area contributed by atoms with Gasteiger partial charge in [0.2, 0.25) is 0 Å². The third-order valence-electron chi connectivity index (χ3n) is 1.98. The van der Waals surface area contributed by atoms with Crippen molar-refractivity contribution < 1.29 is 13.9 Å². The molecule has 0 spiro atoms. The molecule has 0 aliphatic carbocycles. The van der Waals surface area contributed by atoms with Crippen molar-refractivity contribution >= 4 is 17.3 Å². The standard InChI is InChI=1S/C10H13FN2O2/c1-6(10(14)15-2)13-8-5-3-4-7(11)9(8)12/h3-6,13H,12H2,1-2H3. The quantitative estimate of drug-likeness (QED) is 0.587. The zero-order valence-electron chi connectivity index (χ0n) is 8.58. The van der Waals surface area contributed by atoms with E-state index in [4.69, 9.17) is 5.73 Å². The Balaban J connectivity index is 2.81. The summed E-state index contributed by atoms with van der Waals surface area (Å²) in [5.41, 5.74) is 5.86. The van der Waals surface area contributed by atoms with E-state index in [9.17, 15) is 9.18 Å². The Morgan fingerprint density at radius 1 is 1.60 bits per heavy atom. The minimum absolute atomic E-state index is 0.00625. The molecule has 0 saturated carbocycles. The van der Waals surface area contributed by atoms with E-state index in [1.807, 2.05) is 0 Å². The lowest BCUT2D eigenvalue weighted by molar-refractivity contribution is -0.141.